The van der Waals surface area contributed by atoms with Gasteiger partial charge in [-0.2, -0.15) is 0 Å². The highest BCUT2D eigenvalue weighted by Gasteiger charge is 2.26. The van der Waals surface area contributed by atoms with Crippen LogP contribution in [0.25, 0.3) is 0 Å². The minimum atomic E-state index is -0.733. The van der Waals surface area contributed by atoms with E-state index in [1.807, 2.05) is 12.1 Å². The molecular formula is C25H31FO4. The average molecular weight is 415 g/mol. The highest BCUT2D eigenvalue weighted by Crippen LogP contribution is 2.29. The summed E-state index contributed by atoms with van der Waals surface area (Å²) in [5.74, 6) is -0.325. The molecule has 1 heterocycles. The largest absolute Gasteiger partial charge is 0.423 e. The highest BCUT2D eigenvalue weighted by atomic mass is 19.1. The summed E-state index contributed by atoms with van der Waals surface area (Å²) in [6, 6.07) is 11.7. The molecule has 2 aromatic rings. The molecule has 5 heteroatoms. The van der Waals surface area contributed by atoms with Gasteiger partial charge in [-0.15, -0.1) is 0 Å². The van der Waals surface area contributed by atoms with Crippen molar-refractivity contribution in [2.24, 2.45) is 5.92 Å². The van der Waals surface area contributed by atoms with E-state index in [0.717, 1.165) is 25.7 Å². The molecule has 1 fully saturated rings. The lowest BCUT2D eigenvalue weighted by molar-refractivity contribution is -0.207. The van der Waals surface area contributed by atoms with Crippen molar-refractivity contribution in [3.8, 4) is 5.75 Å². The molecule has 2 aromatic carbocycles. The summed E-state index contributed by atoms with van der Waals surface area (Å²) in [5.41, 5.74) is 1.65. The van der Waals surface area contributed by atoms with E-state index >= 15 is 0 Å². The average Bonchev–Trinajstić information content (AvgIpc) is 2.76. The van der Waals surface area contributed by atoms with Crippen molar-refractivity contribution in [2.45, 2.75) is 58.7 Å². The molecule has 1 aliphatic heterocycles. The Hall–Kier alpha value is -2.24. The van der Waals surface area contributed by atoms with Gasteiger partial charge >= 0.3 is 5.97 Å². The van der Waals surface area contributed by atoms with Gasteiger partial charge in [0, 0.05) is 11.5 Å². The number of carbonyl (C=O) groups excluding carboxylic acids is 1. The van der Waals surface area contributed by atoms with Gasteiger partial charge in [-0.05, 0) is 42.7 Å². The Morgan fingerprint density at radius 2 is 1.77 bits per heavy atom. The van der Waals surface area contributed by atoms with E-state index in [9.17, 15) is 9.18 Å². The fourth-order valence-corrected chi connectivity index (χ4v) is 3.60. The van der Waals surface area contributed by atoms with Crippen molar-refractivity contribution in [1.29, 1.82) is 0 Å². The molecule has 1 aliphatic rings. The van der Waals surface area contributed by atoms with Gasteiger partial charge in [0.15, 0.2) is 6.29 Å². The van der Waals surface area contributed by atoms with Gasteiger partial charge in [0.2, 0.25) is 0 Å². The molecule has 0 aliphatic carbocycles. The molecule has 0 radical (unpaired) electrons. The molecule has 1 saturated heterocycles. The van der Waals surface area contributed by atoms with Crippen LogP contribution in [0.4, 0.5) is 4.39 Å². The number of aryl methyl sites for hydroxylation is 1. The van der Waals surface area contributed by atoms with Crippen LogP contribution in [0.2, 0.25) is 0 Å². The lowest BCUT2D eigenvalue weighted by atomic mass is 10.0. The van der Waals surface area contributed by atoms with Crippen LogP contribution >= 0.6 is 0 Å². The van der Waals surface area contributed by atoms with E-state index in [1.165, 1.54) is 24.5 Å². The van der Waals surface area contributed by atoms with Gasteiger partial charge in [0.1, 0.15) is 11.6 Å². The summed E-state index contributed by atoms with van der Waals surface area (Å²) in [6.45, 7) is 5.41. The smallest absolute Gasteiger partial charge is 0.343 e. The quantitative estimate of drug-likeness (QED) is 0.277. The van der Waals surface area contributed by atoms with Crippen molar-refractivity contribution < 1.29 is 23.4 Å². The van der Waals surface area contributed by atoms with Crippen molar-refractivity contribution in [2.75, 3.05) is 13.2 Å². The monoisotopic (exact) mass is 414 g/mol. The summed E-state index contributed by atoms with van der Waals surface area (Å²) < 4.78 is 31.5. The lowest BCUT2D eigenvalue weighted by Crippen LogP contribution is -2.27. The molecule has 0 N–H and O–H groups in total. The zero-order valence-electron chi connectivity index (χ0n) is 17.9. The number of halogens is 1. The van der Waals surface area contributed by atoms with Crippen LogP contribution in [0.1, 0.15) is 73.7 Å². The molecule has 0 aromatic heterocycles. The molecule has 0 saturated carbocycles. The fourth-order valence-electron chi connectivity index (χ4n) is 3.60. The maximum Gasteiger partial charge on any atom is 0.343 e. The van der Waals surface area contributed by atoms with E-state index in [-0.39, 0.29) is 5.56 Å². The summed E-state index contributed by atoms with van der Waals surface area (Å²) >= 11 is 0. The number of benzene rings is 2. The first-order valence-electron chi connectivity index (χ1n) is 10.9. The molecule has 3 rings (SSSR count). The molecule has 0 unspecified atom stereocenters. The molecule has 0 atom stereocenters. The minimum Gasteiger partial charge on any atom is -0.423 e. The minimum absolute atomic E-state index is 0.155. The number of hydrogen-bond donors (Lipinski definition) is 0. The van der Waals surface area contributed by atoms with E-state index in [1.54, 1.807) is 24.3 Å². The predicted octanol–water partition coefficient (Wildman–Crippen LogP) is 6.24. The maximum atomic E-state index is 14.6. The standard InChI is InChI=1S/C25H31FO4/c1-3-5-6-8-19-16-28-25(29-17-19)22-14-11-20(15-23(22)26)24(27)30-21-12-9-18(7-4-2)10-13-21/h9-15,19,25H,3-8,16-17H2,1-2H3. The lowest BCUT2D eigenvalue weighted by Gasteiger charge is -2.29. The number of unbranched alkanes of at least 4 members (excludes halogenated alkanes) is 2. The van der Waals surface area contributed by atoms with Gasteiger partial charge in [-0.3, -0.25) is 0 Å². The topological polar surface area (TPSA) is 44.8 Å². The Bertz CT molecular complexity index is 810. The van der Waals surface area contributed by atoms with Crippen molar-refractivity contribution >= 4 is 5.97 Å². The van der Waals surface area contributed by atoms with Crippen LogP contribution in [0.5, 0.6) is 5.75 Å². The normalized spacial score (nSPS) is 18.9. The second-order valence-electron chi connectivity index (χ2n) is 7.88. The molecule has 30 heavy (non-hydrogen) atoms. The maximum absolute atomic E-state index is 14.6. The van der Waals surface area contributed by atoms with Gasteiger partial charge in [0.25, 0.3) is 0 Å². The van der Waals surface area contributed by atoms with Gasteiger partial charge in [0.05, 0.1) is 18.8 Å². The summed E-state index contributed by atoms with van der Waals surface area (Å²) in [5, 5.41) is 0. The Morgan fingerprint density at radius 1 is 1.03 bits per heavy atom. The van der Waals surface area contributed by atoms with Gasteiger partial charge in [-0.1, -0.05) is 57.7 Å². The van der Waals surface area contributed by atoms with Gasteiger partial charge in [-0.25, -0.2) is 9.18 Å². The zero-order chi connectivity index (χ0) is 21.3. The first-order valence-corrected chi connectivity index (χ1v) is 10.9. The zero-order valence-corrected chi connectivity index (χ0v) is 17.9. The third-order valence-electron chi connectivity index (χ3n) is 5.35. The first-order chi connectivity index (χ1) is 14.6. The molecule has 0 amide bonds. The molecular weight excluding hydrogens is 383 g/mol. The highest BCUT2D eigenvalue weighted by molar-refractivity contribution is 5.91. The van der Waals surface area contributed by atoms with Crippen LogP contribution in [-0.2, 0) is 15.9 Å². The van der Waals surface area contributed by atoms with Crippen LogP contribution in [-0.4, -0.2) is 19.2 Å². The van der Waals surface area contributed by atoms with E-state index in [0.29, 0.717) is 30.4 Å². The predicted molar refractivity (Wildman–Crippen MR) is 114 cm³/mol. The fraction of sp³-hybridized carbons (Fsp3) is 0.480. The molecule has 0 spiro atoms. The third kappa shape index (κ3) is 6.13. The number of hydrogen-bond acceptors (Lipinski definition) is 4. The Morgan fingerprint density at radius 3 is 2.40 bits per heavy atom. The van der Waals surface area contributed by atoms with E-state index in [4.69, 9.17) is 14.2 Å². The van der Waals surface area contributed by atoms with Crippen LogP contribution in [0.15, 0.2) is 42.5 Å². The summed E-state index contributed by atoms with van der Waals surface area (Å²) in [6.07, 6.45) is 5.91. The number of carbonyl (C=O) groups is 1. The number of ether oxygens (including phenoxy) is 3. The molecule has 0 bridgehead atoms. The molecule has 4 nitrogen and oxygen atoms in total. The SMILES string of the molecule is CCCCCC1COC(c2ccc(C(=O)Oc3ccc(CCC)cc3)cc2F)OC1. The Kier molecular flexibility index (Phi) is 8.40. The number of rotatable bonds is 9. The second-order valence-corrected chi connectivity index (χ2v) is 7.88. The Labute approximate surface area is 178 Å². The Balaban J connectivity index is 1.56. The van der Waals surface area contributed by atoms with E-state index < -0.39 is 18.1 Å². The first kappa shape index (κ1) is 22.4. The van der Waals surface area contributed by atoms with Crippen molar-refractivity contribution in [1.82, 2.24) is 0 Å². The van der Waals surface area contributed by atoms with Crippen LogP contribution in [0.3, 0.4) is 0 Å². The number of esters is 1. The second kappa shape index (κ2) is 11.2. The van der Waals surface area contributed by atoms with Crippen LogP contribution in [0, 0.1) is 11.7 Å². The summed E-state index contributed by atoms with van der Waals surface area (Å²) in [4.78, 5) is 12.4. The van der Waals surface area contributed by atoms with Crippen molar-refractivity contribution in [3.63, 3.8) is 0 Å². The van der Waals surface area contributed by atoms with E-state index in [2.05, 4.69) is 13.8 Å². The van der Waals surface area contributed by atoms with Crippen LogP contribution < -0.4 is 4.74 Å². The van der Waals surface area contributed by atoms with Gasteiger partial charge < -0.3 is 14.2 Å². The third-order valence-corrected chi connectivity index (χ3v) is 5.35. The van der Waals surface area contributed by atoms with Crippen molar-refractivity contribution in [3.05, 3.63) is 65.0 Å². The molecule has 162 valence electrons. The summed E-state index contributed by atoms with van der Waals surface area (Å²) in [7, 11) is 0.